The lowest BCUT2D eigenvalue weighted by atomic mass is 9.95. The molecule has 1 amide bonds. The van der Waals surface area contributed by atoms with E-state index in [1.54, 1.807) is 0 Å². The number of hydrogen-bond donors (Lipinski definition) is 2. The molecular formula is C29H31N7O. The minimum atomic E-state index is -0.244. The van der Waals surface area contributed by atoms with Crippen LogP contribution in [0.2, 0.25) is 0 Å². The largest absolute Gasteiger partial charge is 0.354 e. The number of aromatic nitrogens is 3. The van der Waals surface area contributed by atoms with E-state index in [0.29, 0.717) is 11.6 Å². The smallest absolute Gasteiger partial charge is 0.247 e. The summed E-state index contributed by atoms with van der Waals surface area (Å²) in [6.07, 6.45) is 5.78. The molecule has 8 heteroatoms. The normalized spacial score (nSPS) is 13.9. The van der Waals surface area contributed by atoms with Crippen LogP contribution in [0, 0.1) is 0 Å². The van der Waals surface area contributed by atoms with Crippen molar-refractivity contribution in [1.82, 2.24) is 19.9 Å². The number of benzene rings is 2. The van der Waals surface area contributed by atoms with Gasteiger partial charge in [-0.25, -0.2) is 15.0 Å². The molecule has 5 rings (SSSR count). The van der Waals surface area contributed by atoms with Gasteiger partial charge in [-0.05, 0) is 54.9 Å². The fourth-order valence-corrected chi connectivity index (χ4v) is 4.57. The van der Waals surface area contributed by atoms with Gasteiger partial charge in [-0.15, -0.1) is 0 Å². The number of pyridine rings is 1. The van der Waals surface area contributed by atoms with Crippen molar-refractivity contribution in [3.05, 3.63) is 79.1 Å². The number of piperazine rings is 1. The van der Waals surface area contributed by atoms with Crippen LogP contribution < -0.4 is 15.5 Å². The van der Waals surface area contributed by atoms with Gasteiger partial charge in [0.15, 0.2) is 0 Å². The molecule has 4 aromatic rings. The zero-order valence-electron chi connectivity index (χ0n) is 21.2. The van der Waals surface area contributed by atoms with Crippen molar-refractivity contribution < 1.29 is 4.79 Å². The molecule has 0 atom stereocenters. The molecule has 1 aliphatic heterocycles. The molecule has 2 aromatic carbocycles. The summed E-state index contributed by atoms with van der Waals surface area (Å²) >= 11 is 0. The van der Waals surface area contributed by atoms with Crippen LogP contribution in [-0.2, 0) is 11.2 Å². The summed E-state index contributed by atoms with van der Waals surface area (Å²) in [6.45, 7) is 9.70. The van der Waals surface area contributed by atoms with Gasteiger partial charge >= 0.3 is 0 Å². The average Bonchev–Trinajstić information content (AvgIpc) is 2.93. The molecule has 0 spiro atoms. The lowest BCUT2D eigenvalue weighted by molar-refractivity contribution is -0.111. The van der Waals surface area contributed by atoms with Crippen molar-refractivity contribution in [2.45, 2.75) is 13.3 Å². The Morgan fingerprint density at radius 2 is 1.86 bits per heavy atom. The van der Waals surface area contributed by atoms with Gasteiger partial charge in [-0.2, -0.15) is 0 Å². The maximum atomic E-state index is 11.8. The van der Waals surface area contributed by atoms with E-state index in [0.717, 1.165) is 66.1 Å². The van der Waals surface area contributed by atoms with Crippen LogP contribution in [0.1, 0.15) is 12.5 Å². The Balaban J connectivity index is 1.45. The standard InChI is InChI=1S/C29H31N7O/c1-4-20-9-10-22-18-31-29(33-24-11-12-25(30-19-24)36-15-13-35(3)14-16-36)34-28(22)27(20)21-7-6-8-23(17-21)32-26(37)5-2/h5-12,17-19H,2,4,13-16H2,1,3H3,(H,32,37)(H,31,33,34). The van der Waals surface area contributed by atoms with Crippen molar-refractivity contribution in [3.8, 4) is 11.1 Å². The summed E-state index contributed by atoms with van der Waals surface area (Å²) < 4.78 is 0. The third-order valence-corrected chi connectivity index (χ3v) is 6.66. The minimum absolute atomic E-state index is 0.244. The van der Waals surface area contributed by atoms with Gasteiger partial charge in [-0.3, -0.25) is 4.79 Å². The quantitative estimate of drug-likeness (QED) is 0.355. The minimum Gasteiger partial charge on any atom is -0.354 e. The predicted octanol–water partition coefficient (Wildman–Crippen LogP) is 4.87. The first-order valence-electron chi connectivity index (χ1n) is 12.5. The highest BCUT2D eigenvalue weighted by Crippen LogP contribution is 2.33. The van der Waals surface area contributed by atoms with E-state index in [2.05, 4.69) is 63.1 Å². The molecule has 2 aromatic heterocycles. The lowest BCUT2D eigenvalue weighted by Crippen LogP contribution is -2.44. The number of amides is 1. The third-order valence-electron chi connectivity index (χ3n) is 6.66. The number of rotatable bonds is 7. The summed E-state index contributed by atoms with van der Waals surface area (Å²) in [4.78, 5) is 30.6. The first-order chi connectivity index (χ1) is 18.0. The Bertz CT molecular complexity index is 1430. The number of aryl methyl sites for hydroxylation is 1. The van der Waals surface area contributed by atoms with Crippen LogP contribution in [0.5, 0.6) is 0 Å². The Morgan fingerprint density at radius 1 is 1.03 bits per heavy atom. The second kappa shape index (κ2) is 10.8. The molecule has 8 nitrogen and oxygen atoms in total. The summed E-state index contributed by atoms with van der Waals surface area (Å²) in [7, 11) is 2.15. The highest BCUT2D eigenvalue weighted by Gasteiger charge is 2.16. The molecule has 0 saturated carbocycles. The maximum absolute atomic E-state index is 11.8. The zero-order valence-corrected chi connectivity index (χ0v) is 21.2. The number of carbonyl (C=O) groups is 1. The van der Waals surface area contributed by atoms with Gasteiger partial charge in [0, 0.05) is 49.0 Å². The maximum Gasteiger partial charge on any atom is 0.247 e. The molecular weight excluding hydrogens is 462 g/mol. The lowest BCUT2D eigenvalue weighted by Gasteiger charge is -2.33. The molecule has 1 aliphatic rings. The van der Waals surface area contributed by atoms with Crippen LogP contribution in [0.25, 0.3) is 22.0 Å². The number of nitrogens with one attached hydrogen (secondary N) is 2. The zero-order chi connectivity index (χ0) is 25.8. The molecule has 0 unspecified atom stereocenters. The van der Waals surface area contributed by atoms with Crippen molar-refractivity contribution in [2.24, 2.45) is 0 Å². The third kappa shape index (κ3) is 5.44. The topological polar surface area (TPSA) is 86.3 Å². The first kappa shape index (κ1) is 24.4. The van der Waals surface area contributed by atoms with E-state index < -0.39 is 0 Å². The van der Waals surface area contributed by atoms with Gasteiger partial charge in [0.25, 0.3) is 0 Å². The van der Waals surface area contributed by atoms with Crippen molar-refractivity contribution in [2.75, 3.05) is 48.8 Å². The second-order valence-electron chi connectivity index (χ2n) is 9.18. The fourth-order valence-electron chi connectivity index (χ4n) is 4.57. The highest BCUT2D eigenvalue weighted by molar-refractivity contribution is 6.00. The molecule has 0 aliphatic carbocycles. The number of likely N-dealkylation sites (N-methyl/N-ethyl adjacent to an activating group) is 1. The fraction of sp³-hybridized carbons (Fsp3) is 0.241. The van der Waals surface area contributed by atoms with Gasteiger partial charge in [0.2, 0.25) is 11.9 Å². The van der Waals surface area contributed by atoms with E-state index in [4.69, 9.17) is 4.98 Å². The van der Waals surface area contributed by atoms with Crippen LogP contribution >= 0.6 is 0 Å². The summed E-state index contributed by atoms with van der Waals surface area (Å²) in [5.41, 5.74) is 5.57. The molecule has 1 saturated heterocycles. The van der Waals surface area contributed by atoms with Crippen LogP contribution in [-0.4, -0.2) is 59.0 Å². The van der Waals surface area contributed by atoms with E-state index in [-0.39, 0.29) is 5.91 Å². The molecule has 3 heterocycles. The monoisotopic (exact) mass is 493 g/mol. The molecule has 37 heavy (non-hydrogen) atoms. The first-order valence-corrected chi connectivity index (χ1v) is 12.5. The van der Waals surface area contributed by atoms with Gasteiger partial charge < -0.3 is 20.4 Å². The van der Waals surface area contributed by atoms with Gasteiger partial charge in [0.05, 0.1) is 17.4 Å². The van der Waals surface area contributed by atoms with E-state index >= 15 is 0 Å². The van der Waals surface area contributed by atoms with E-state index in [1.807, 2.05) is 48.8 Å². The van der Waals surface area contributed by atoms with Crippen molar-refractivity contribution in [3.63, 3.8) is 0 Å². The second-order valence-corrected chi connectivity index (χ2v) is 9.18. The Hall–Kier alpha value is -4.30. The Morgan fingerprint density at radius 3 is 2.59 bits per heavy atom. The van der Waals surface area contributed by atoms with E-state index in [9.17, 15) is 4.79 Å². The van der Waals surface area contributed by atoms with E-state index in [1.165, 1.54) is 11.6 Å². The molecule has 2 N–H and O–H groups in total. The van der Waals surface area contributed by atoms with Crippen molar-refractivity contribution >= 4 is 40.0 Å². The number of carbonyl (C=O) groups excluding carboxylic acids is 1. The highest BCUT2D eigenvalue weighted by atomic mass is 16.1. The number of anilines is 4. The number of hydrogen-bond acceptors (Lipinski definition) is 7. The average molecular weight is 494 g/mol. The molecule has 188 valence electrons. The van der Waals surface area contributed by atoms with Gasteiger partial charge in [0.1, 0.15) is 5.82 Å². The van der Waals surface area contributed by atoms with Gasteiger partial charge in [-0.1, -0.05) is 37.8 Å². The summed E-state index contributed by atoms with van der Waals surface area (Å²) in [5.74, 6) is 1.25. The molecule has 0 bridgehead atoms. The SMILES string of the molecule is C=CC(=O)Nc1cccc(-c2c(CC)ccc3cnc(Nc4ccc(N5CCN(C)CC5)nc4)nc23)c1. The van der Waals surface area contributed by atoms with Crippen LogP contribution in [0.3, 0.4) is 0 Å². The summed E-state index contributed by atoms with van der Waals surface area (Å²) in [6, 6.07) is 16.0. The number of fused-ring (bicyclic) bond motifs is 1. The Labute approximate surface area is 217 Å². The molecule has 0 radical (unpaired) electrons. The molecule has 1 fully saturated rings. The van der Waals surface area contributed by atoms with Crippen LogP contribution in [0.15, 0.2) is 73.6 Å². The van der Waals surface area contributed by atoms with Crippen LogP contribution in [0.4, 0.5) is 23.1 Å². The Kier molecular flexibility index (Phi) is 7.09. The summed E-state index contributed by atoms with van der Waals surface area (Å²) in [5, 5.41) is 7.11. The predicted molar refractivity (Wildman–Crippen MR) is 150 cm³/mol. The number of nitrogens with zero attached hydrogens (tertiary/aromatic N) is 5. The van der Waals surface area contributed by atoms with Crippen molar-refractivity contribution in [1.29, 1.82) is 0 Å².